The fourth-order valence-corrected chi connectivity index (χ4v) is 3.13. The van der Waals surface area contributed by atoms with Crippen LogP contribution in [0.1, 0.15) is 23.0 Å². The van der Waals surface area contributed by atoms with Crippen LogP contribution in [0.3, 0.4) is 0 Å². The topological polar surface area (TPSA) is 59.3 Å². The number of thioether (sulfide) groups is 1. The third kappa shape index (κ3) is 3.53. The normalized spacial score (nSPS) is 17.5. The number of nitrogens with one attached hydrogen (secondary N) is 1. The van der Waals surface area contributed by atoms with E-state index in [2.05, 4.69) is 15.4 Å². The van der Waals surface area contributed by atoms with Crippen molar-refractivity contribution < 1.29 is 22.4 Å². The van der Waals surface area contributed by atoms with Crippen LogP contribution in [-0.4, -0.2) is 32.7 Å². The second-order valence-corrected chi connectivity index (χ2v) is 6.72. The summed E-state index contributed by atoms with van der Waals surface area (Å²) in [6, 6.07) is 4.89. The van der Waals surface area contributed by atoms with Gasteiger partial charge in [0.15, 0.2) is 10.9 Å². The summed E-state index contributed by atoms with van der Waals surface area (Å²) in [6.45, 7) is 2.35. The highest BCUT2D eigenvalue weighted by molar-refractivity contribution is 8.14. The first-order valence-corrected chi connectivity index (χ1v) is 8.08. The van der Waals surface area contributed by atoms with Gasteiger partial charge in [-0.25, -0.2) is 9.07 Å². The summed E-state index contributed by atoms with van der Waals surface area (Å²) < 4.78 is 54.7. The lowest BCUT2D eigenvalue weighted by Crippen LogP contribution is -2.30. The Bertz CT molecular complexity index is 846. The predicted octanol–water partition coefficient (Wildman–Crippen LogP) is 3.25. The molecule has 0 fully saturated rings. The van der Waals surface area contributed by atoms with Gasteiger partial charge in [-0.2, -0.15) is 18.3 Å². The van der Waals surface area contributed by atoms with Gasteiger partial charge in [-0.3, -0.25) is 9.79 Å². The number of benzene rings is 1. The summed E-state index contributed by atoms with van der Waals surface area (Å²) in [7, 11) is 0. The number of halogens is 4. The van der Waals surface area contributed by atoms with Crippen LogP contribution in [0.2, 0.25) is 0 Å². The molecule has 0 spiro atoms. The van der Waals surface area contributed by atoms with Gasteiger partial charge < -0.3 is 5.32 Å². The minimum absolute atomic E-state index is 0.138. The van der Waals surface area contributed by atoms with Crippen LogP contribution in [0.25, 0.3) is 5.69 Å². The molecule has 2 heterocycles. The average molecular weight is 372 g/mol. The van der Waals surface area contributed by atoms with Gasteiger partial charge in [-0.15, -0.1) is 0 Å². The summed E-state index contributed by atoms with van der Waals surface area (Å²) in [5, 5.41) is 6.31. The van der Waals surface area contributed by atoms with Gasteiger partial charge in [0.25, 0.3) is 5.91 Å². The van der Waals surface area contributed by atoms with E-state index >= 15 is 0 Å². The Hall–Kier alpha value is -2.36. The Morgan fingerprint density at radius 2 is 2.08 bits per heavy atom. The summed E-state index contributed by atoms with van der Waals surface area (Å²) in [5.74, 6) is -1.87. The van der Waals surface area contributed by atoms with Gasteiger partial charge >= 0.3 is 6.18 Å². The van der Waals surface area contributed by atoms with Crippen molar-refractivity contribution in [2.24, 2.45) is 4.99 Å². The first-order valence-electron chi connectivity index (χ1n) is 7.20. The number of aromatic nitrogens is 2. The highest BCUT2D eigenvalue weighted by Crippen LogP contribution is 2.34. The zero-order chi connectivity index (χ0) is 18.2. The van der Waals surface area contributed by atoms with Crippen molar-refractivity contribution in [2.45, 2.75) is 18.3 Å². The number of hydrogen-bond donors (Lipinski definition) is 1. The molecule has 5 nitrogen and oxygen atoms in total. The lowest BCUT2D eigenvalue weighted by atomic mass is 10.2. The van der Waals surface area contributed by atoms with E-state index in [1.54, 1.807) is 0 Å². The van der Waals surface area contributed by atoms with E-state index in [1.807, 2.05) is 6.92 Å². The van der Waals surface area contributed by atoms with Gasteiger partial charge in [0.2, 0.25) is 0 Å². The monoisotopic (exact) mass is 372 g/mol. The molecule has 0 saturated heterocycles. The molecule has 0 bridgehead atoms. The number of aliphatic imine (C=N–C) groups is 1. The number of alkyl halides is 3. The van der Waals surface area contributed by atoms with E-state index in [9.17, 15) is 22.4 Å². The highest BCUT2D eigenvalue weighted by atomic mass is 32.2. The molecule has 1 N–H and O–H groups in total. The van der Waals surface area contributed by atoms with Crippen LogP contribution in [-0.2, 0) is 6.18 Å². The summed E-state index contributed by atoms with van der Waals surface area (Å²) in [6.07, 6.45) is -4.13. The number of rotatable bonds is 2. The molecule has 132 valence electrons. The van der Waals surface area contributed by atoms with Crippen LogP contribution < -0.4 is 5.32 Å². The fourth-order valence-electron chi connectivity index (χ4n) is 2.30. The van der Waals surface area contributed by atoms with E-state index in [-0.39, 0.29) is 10.4 Å². The molecule has 0 aliphatic carbocycles. The predicted molar refractivity (Wildman–Crippen MR) is 85.3 cm³/mol. The molecule has 10 heteroatoms. The third-order valence-electron chi connectivity index (χ3n) is 3.39. The van der Waals surface area contributed by atoms with Gasteiger partial charge in [-0.1, -0.05) is 30.8 Å². The van der Waals surface area contributed by atoms with Crippen molar-refractivity contribution in [3.8, 4) is 5.69 Å². The first kappa shape index (κ1) is 17.5. The van der Waals surface area contributed by atoms with Gasteiger partial charge in [0, 0.05) is 5.25 Å². The van der Waals surface area contributed by atoms with E-state index in [0.29, 0.717) is 11.2 Å². The molecule has 3 rings (SSSR count). The average Bonchev–Trinajstić information content (AvgIpc) is 3.13. The molecule has 0 radical (unpaired) electrons. The molecule has 1 unspecified atom stereocenters. The SMILES string of the molecule is CC1CN=C(NC(=O)c2cnn(-c3ccccc3F)c2C(F)(F)F)S1. The minimum atomic E-state index is -4.90. The Morgan fingerprint density at radius 1 is 1.36 bits per heavy atom. The standard InChI is InChI=1S/C15H12F4N4OS/c1-8-6-20-14(25-8)22-13(24)9-7-21-23(12(9)15(17,18)19)11-5-3-2-4-10(11)16/h2-5,7-8H,6H2,1H3,(H,20,22,24). The van der Waals surface area contributed by atoms with Crippen molar-refractivity contribution in [3.63, 3.8) is 0 Å². The van der Waals surface area contributed by atoms with Crippen LogP contribution in [0, 0.1) is 5.82 Å². The molecule has 2 aromatic rings. The first-order chi connectivity index (χ1) is 11.8. The molecule has 0 saturated carbocycles. The number of carbonyl (C=O) groups is 1. The largest absolute Gasteiger partial charge is 0.434 e. The lowest BCUT2D eigenvalue weighted by Gasteiger charge is -2.13. The maximum absolute atomic E-state index is 13.9. The van der Waals surface area contributed by atoms with Crippen LogP contribution >= 0.6 is 11.8 Å². The van der Waals surface area contributed by atoms with Gasteiger partial charge in [0.1, 0.15) is 11.5 Å². The summed E-state index contributed by atoms with van der Waals surface area (Å²) in [4.78, 5) is 16.3. The molecule has 1 aromatic heterocycles. The lowest BCUT2D eigenvalue weighted by molar-refractivity contribution is -0.143. The van der Waals surface area contributed by atoms with E-state index in [0.717, 1.165) is 18.3 Å². The third-order valence-corrected chi connectivity index (χ3v) is 4.39. The van der Waals surface area contributed by atoms with Crippen molar-refractivity contribution in [2.75, 3.05) is 6.54 Å². The van der Waals surface area contributed by atoms with E-state index in [1.165, 1.54) is 23.9 Å². The number of amidine groups is 1. The van der Waals surface area contributed by atoms with Crippen molar-refractivity contribution in [3.05, 3.63) is 47.5 Å². The summed E-state index contributed by atoms with van der Waals surface area (Å²) >= 11 is 1.26. The second-order valence-electron chi connectivity index (χ2n) is 5.30. The second kappa shape index (κ2) is 6.51. The zero-order valence-electron chi connectivity index (χ0n) is 12.8. The molecule has 1 aliphatic rings. The van der Waals surface area contributed by atoms with E-state index in [4.69, 9.17) is 0 Å². The van der Waals surface area contributed by atoms with Crippen LogP contribution in [0.15, 0.2) is 35.5 Å². The van der Waals surface area contributed by atoms with Gasteiger partial charge in [0.05, 0.1) is 18.3 Å². The quantitative estimate of drug-likeness (QED) is 0.824. The number of carbonyl (C=O) groups excluding carboxylic acids is 1. The molecule has 1 aromatic carbocycles. The fraction of sp³-hybridized carbons (Fsp3) is 0.267. The zero-order valence-corrected chi connectivity index (χ0v) is 13.7. The molecule has 1 aliphatic heterocycles. The molecule has 1 amide bonds. The Morgan fingerprint density at radius 3 is 2.68 bits per heavy atom. The molecule has 1 atom stereocenters. The molecule has 25 heavy (non-hydrogen) atoms. The number of hydrogen-bond acceptors (Lipinski definition) is 4. The molecular weight excluding hydrogens is 360 g/mol. The maximum Gasteiger partial charge on any atom is 0.434 e. The smallest absolute Gasteiger partial charge is 0.301 e. The maximum atomic E-state index is 13.9. The van der Waals surface area contributed by atoms with E-state index < -0.39 is 34.8 Å². The number of nitrogens with zero attached hydrogens (tertiary/aromatic N) is 3. The summed E-state index contributed by atoms with van der Waals surface area (Å²) in [5.41, 5.74) is -2.43. The van der Waals surface area contributed by atoms with Crippen molar-refractivity contribution in [1.82, 2.24) is 15.1 Å². The Labute approximate surface area is 144 Å². The highest BCUT2D eigenvalue weighted by Gasteiger charge is 2.41. The minimum Gasteiger partial charge on any atom is -0.301 e. The van der Waals surface area contributed by atoms with Crippen LogP contribution in [0.5, 0.6) is 0 Å². The van der Waals surface area contributed by atoms with Crippen molar-refractivity contribution >= 4 is 22.8 Å². The number of amides is 1. The Balaban J connectivity index is 2.01. The van der Waals surface area contributed by atoms with Crippen LogP contribution in [0.4, 0.5) is 17.6 Å². The molecular formula is C15H12F4N4OS. The number of para-hydroxylation sites is 1. The Kier molecular flexibility index (Phi) is 4.55. The van der Waals surface area contributed by atoms with Crippen molar-refractivity contribution in [1.29, 1.82) is 0 Å². The van der Waals surface area contributed by atoms with Gasteiger partial charge in [-0.05, 0) is 12.1 Å².